The summed E-state index contributed by atoms with van der Waals surface area (Å²) in [7, 11) is 3.31. The van der Waals surface area contributed by atoms with Gasteiger partial charge in [0.15, 0.2) is 5.43 Å². The van der Waals surface area contributed by atoms with Crippen LogP contribution in [0.5, 0.6) is 5.75 Å². The van der Waals surface area contributed by atoms with Crippen LogP contribution in [0, 0.1) is 18.8 Å². The highest BCUT2D eigenvalue weighted by Gasteiger charge is 2.28. The van der Waals surface area contributed by atoms with Crippen LogP contribution in [0.4, 0.5) is 0 Å². The Labute approximate surface area is 229 Å². The highest BCUT2D eigenvalue weighted by Crippen LogP contribution is 2.29. The standard InChI is InChI=1S/C17H18N2O2S.C7H14N2O.C5H10O/c1-9(2)13-8-22-17(19-13)12-7-14(20)11-5-6-15(21-4)10(3)16(11)18-12;1-5-3-4-9-6(5)7(10)8-2;1-4(2)5(3)6/h5-9H,1-4H3,(H,18,20);5-6,9H,3-4H2,1-2H3,(H,8,10);4H,1-3H3. The van der Waals surface area contributed by atoms with E-state index in [2.05, 4.69) is 41.4 Å². The number of carbonyl (C=O) groups excluding carboxylic acids is 2. The van der Waals surface area contributed by atoms with Gasteiger partial charge in [-0.05, 0) is 50.8 Å². The van der Waals surface area contributed by atoms with Crippen LogP contribution >= 0.6 is 11.3 Å². The molecule has 8 nitrogen and oxygen atoms in total. The third kappa shape index (κ3) is 7.98. The summed E-state index contributed by atoms with van der Waals surface area (Å²) in [6.07, 6.45) is 1.11. The van der Waals surface area contributed by atoms with Crippen molar-refractivity contribution in [2.24, 2.45) is 11.8 Å². The minimum atomic E-state index is -0.00389. The van der Waals surface area contributed by atoms with Crippen LogP contribution in [0.2, 0.25) is 0 Å². The molecule has 1 aromatic carbocycles. The Morgan fingerprint density at radius 3 is 2.34 bits per heavy atom. The molecular formula is C29H42N4O4S. The molecule has 1 aliphatic rings. The van der Waals surface area contributed by atoms with Crippen molar-refractivity contribution in [3.63, 3.8) is 0 Å². The molecule has 0 saturated carbocycles. The molecule has 4 rings (SSSR count). The Bertz CT molecular complexity index is 1300. The number of aromatic nitrogens is 2. The molecule has 3 aromatic rings. The molecule has 1 aliphatic heterocycles. The van der Waals surface area contributed by atoms with Gasteiger partial charge in [0, 0.05) is 35.4 Å². The van der Waals surface area contributed by atoms with E-state index in [9.17, 15) is 14.4 Å². The number of benzene rings is 1. The Kier molecular flexibility index (Phi) is 11.7. The van der Waals surface area contributed by atoms with E-state index in [0.29, 0.717) is 17.2 Å². The van der Waals surface area contributed by atoms with Gasteiger partial charge in [0.25, 0.3) is 0 Å². The van der Waals surface area contributed by atoms with E-state index in [1.54, 1.807) is 44.6 Å². The maximum absolute atomic E-state index is 12.4. The number of aryl methyl sites for hydroxylation is 1. The zero-order valence-corrected chi connectivity index (χ0v) is 24.8. The van der Waals surface area contributed by atoms with Crippen molar-refractivity contribution in [1.82, 2.24) is 20.6 Å². The Hall–Kier alpha value is -3.04. The number of nitrogens with zero attached hydrogens (tertiary/aromatic N) is 1. The topological polar surface area (TPSA) is 113 Å². The lowest BCUT2D eigenvalue weighted by atomic mass is 10.0. The number of H-pyrrole nitrogens is 1. The zero-order chi connectivity index (χ0) is 28.6. The van der Waals surface area contributed by atoms with Crippen molar-refractivity contribution in [3.05, 3.63) is 45.1 Å². The fraction of sp³-hybridized carbons (Fsp3) is 0.517. The van der Waals surface area contributed by atoms with Crippen LogP contribution in [0.15, 0.2) is 28.4 Å². The summed E-state index contributed by atoms with van der Waals surface area (Å²) in [6, 6.07) is 5.29. The van der Waals surface area contributed by atoms with Gasteiger partial charge < -0.3 is 20.4 Å². The molecule has 2 atom stereocenters. The average molecular weight is 543 g/mol. The van der Waals surface area contributed by atoms with Crippen molar-refractivity contribution < 1.29 is 14.3 Å². The second-order valence-electron chi connectivity index (χ2n) is 10.2. The summed E-state index contributed by atoms with van der Waals surface area (Å²) in [5.74, 6) is 2.21. The van der Waals surface area contributed by atoms with E-state index in [-0.39, 0.29) is 29.1 Å². The molecule has 38 heavy (non-hydrogen) atoms. The molecule has 9 heteroatoms. The second-order valence-corrected chi connectivity index (χ2v) is 11.0. The van der Waals surface area contributed by atoms with Gasteiger partial charge in [-0.25, -0.2) is 4.98 Å². The molecule has 1 amide bonds. The first-order valence-corrected chi connectivity index (χ1v) is 13.9. The van der Waals surface area contributed by atoms with Gasteiger partial charge >= 0.3 is 0 Å². The summed E-state index contributed by atoms with van der Waals surface area (Å²) in [5.41, 5.74) is 3.53. The highest BCUT2D eigenvalue weighted by atomic mass is 32.1. The zero-order valence-electron chi connectivity index (χ0n) is 24.0. The van der Waals surface area contributed by atoms with Gasteiger partial charge in [-0.1, -0.05) is 34.6 Å². The largest absolute Gasteiger partial charge is 0.496 e. The van der Waals surface area contributed by atoms with Crippen molar-refractivity contribution in [2.45, 2.75) is 66.8 Å². The smallest absolute Gasteiger partial charge is 0.237 e. The summed E-state index contributed by atoms with van der Waals surface area (Å²) < 4.78 is 5.34. The number of pyridine rings is 1. The Morgan fingerprint density at radius 2 is 1.87 bits per heavy atom. The number of amides is 1. The molecule has 0 radical (unpaired) electrons. The molecular weight excluding hydrogens is 500 g/mol. The number of hydrogen-bond donors (Lipinski definition) is 3. The normalized spacial score (nSPS) is 16.5. The SMILES string of the molecule is CC(=O)C(C)C.CNC(=O)C1NCCC1C.COc1ccc2c(=O)cc(-c3nc(C(C)C)cs3)[nH]c2c1C. The van der Waals surface area contributed by atoms with Gasteiger partial charge in [0.05, 0.1) is 30.1 Å². The number of aromatic amines is 1. The van der Waals surface area contributed by atoms with E-state index < -0.39 is 0 Å². The second kappa shape index (κ2) is 14.2. The van der Waals surface area contributed by atoms with E-state index in [0.717, 1.165) is 46.2 Å². The summed E-state index contributed by atoms with van der Waals surface area (Å²) in [5, 5.41) is 9.33. The number of Topliss-reactive ketones (excluding diaryl/α,β-unsaturated/α-hetero) is 1. The van der Waals surface area contributed by atoms with Gasteiger partial charge in [-0.15, -0.1) is 11.3 Å². The van der Waals surface area contributed by atoms with Crippen molar-refractivity contribution >= 4 is 33.9 Å². The number of carbonyl (C=O) groups is 2. The number of rotatable bonds is 5. The molecule has 3 heterocycles. The van der Waals surface area contributed by atoms with Crippen LogP contribution in [0.1, 0.15) is 65.1 Å². The predicted octanol–water partition coefficient (Wildman–Crippen LogP) is 5.05. The monoisotopic (exact) mass is 542 g/mol. The number of ketones is 1. The molecule has 0 aliphatic carbocycles. The van der Waals surface area contributed by atoms with Gasteiger partial charge in [-0.3, -0.25) is 14.4 Å². The van der Waals surface area contributed by atoms with Crippen LogP contribution < -0.4 is 20.8 Å². The Morgan fingerprint density at radius 1 is 1.21 bits per heavy atom. The number of nitrogens with one attached hydrogen (secondary N) is 3. The molecule has 2 aromatic heterocycles. The van der Waals surface area contributed by atoms with Crippen molar-refractivity contribution in [2.75, 3.05) is 20.7 Å². The van der Waals surface area contributed by atoms with Gasteiger partial charge in [-0.2, -0.15) is 0 Å². The van der Waals surface area contributed by atoms with E-state index in [1.165, 1.54) is 0 Å². The van der Waals surface area contributed by atoms with Crippen LogP contribution in [-0.2, 0) is 9.59 Å². The first kappa shape index (κ1) is 31.2. The molecule has 1 fully saturated rings. The van der Waals surface area contributed by atoms with Crippen LogP contribution in [0.25, 0.3) is 21.6 Å². The first-order chi connectivity index (χ1) is 17.9. The fourth-order valence-corrected chi connectivity index (χ4v) is 4.74. The first-order valence-electron chi connectivity index (χ1n) is 13.0. The molecule has 2 unspecified atom stereocenters. The third-order valence-electron chi connectivity index (χ3n) is 6.65. The minimum absolute atomic E-state index is 0.00389. The fourth-order valence-electron chi connectivity index (χ4n) is 3.79. The predicted molar refractivity (Wildman–Crippen MR) is 156 cm³/mol. The van der Waals surface area contributed by atoms with E-state index in [4.69, 9.17) is 4.74 Å². The Balaban J connectivity index is 0.000000262. The number of likely N-dealkylation sites (N-methyl/N-ethyl adjacent to an activating group) is 1. The molecule has 1 saturated heterocycles. The van der Waals surface area contributed by atoms with Crippen molar-refractivity contribution in [1.29, 1.82) is 0 Å². The number of hydrogen-bond acceptors (Lipinski definition) is 7. The molecule has 3 N–H and O–H groups in total. The quantitative estimate of drug-likeness (QED) is 0.416. The lowest BCUT2D eigenvalue weighted by Crippen LogP contribution is -2.41. The van der Waals surface area contributed by atoms with Crippen LogP contribution in [-0.4, -0.2) is 48.4 Å². The summed E-state index contributed by atoms with van der Waals surface area (Å²) >= 11 is 1.55. The molecule has 0 spiro atoms. The number of fused-ring (bicyclic) bond motifs is 1. The van der Waals surface area contributed by atoms with Gasteiger partial charge in [0.2, 0.25) is 5.91 Å². The van der Waals surface area contributed by atoms with Crippen molar-refractivity contribution in [3.8, 4) is 16.5 Å². The maximum Gasteiger partial charge on any atom is 0.237 e. The van der Waals surface area contributed by atoms with E-state index >= 15 is 0 Å². The number of thiazole rings is 1. The lowest BCUT2D eigenvalue weighted by molar-refractivity contribution is -0.123. The highest BCUT2D eigenvalue weighted by molar-refractivity contribution is 7.13. The van der Waals surface area contributed by atoms with E-state index in [1.807, 2.05) is 32.2 Å². The van der Waals surface area contributed by atoms with Gasteiger partial charge in [0.1, 0.15) is 16.5 Å². The summed E-state index contributed by atoms with van der Waals surface area (Å²) in [4.78, 5) is 41.5. The maximum atomic E-state index is 12.4. The van der Waals surface area contributed by atoms with Crippen LogP contribution in [0.3, 0.4) is 0 Å². The average Bonchev–Trinajstić information content (AvgIpc) is 3.54. The number of ether oxygens (including phenoxy) is 1. The minimum Gasteiger partial charge on any atom is -0.496 e. The molecule has 208 valence electrons. The lowest BCUT2D eigenvalue weighted by Gasteiger charge is -2.12. The third-order valence-corrected chi connectivity index (χ3v) is 7.55. The number of methoxy groups -OCH3 is 1. The summed E-state index contributed by atoms with van der Waals surface area (Å²) in [6.45, 7) is 14.6. The molecule has 0 bridgehead atoms.